The van der Waals surface area contributed by atoms with E-state index in [1.807, 2.05) is 20.8 Å². The molecule has 1 aliphatic rings. The lowest BCUT2D eigenvalue weighted by Gasteiger charge is -2.30. The monoisotopic (exact) mass is 419 g/mol. The molecule has 10 heteroatoms. The van der Waals surface area contributed by atoms with Gasteiger partial charge in [0.2, 0.25) is 5.95 Å². The van der Waals surface area contributed by atoms with E-state index in [4.69, 9.17) is 4.74 Å². The predicted octanol–water partition coefficient (Wildman–Crippen LogP) is 2.45. The Balaban J connectivity index is 1.74. The largest absolute Gasteiger partial charge is 0.444 e. The summed E-state index contributed by atoms with van der Waals surface area (Å²) in [5, 5.41) is 3.07. The molecule has 0 unspecified atom stereocenters. The smallest absolute Gasteiger partial charge is 0.410 e. The second-order valence-corrected chi connectivity index (χ2v) is 10.2. The number of sulfone groups is 1. The highest BCUT2D eigenvalue weighted by Gasteiger charge is 2.26. The molecule has 0 atom stereocenters. The van der Waals surface area contributed by atoms with Crippen LogP contribution in [0.3, 0.4) is 0 Å². The molecule has 0 aliphatic carbocycles. The Kier molecular flexibility index (Phi) is 5.74. The van der Waals surface area contributed by atoms with E-state index in [2.05, 4.69) is 20.3 Å². The van der Waals surface area contributed by atoms with E-state index in [0.29, 0.717) is 36.8 Å². The molecular weight excluding hydrogens is 394 g/mol. The van der Waals surface area contributed by atoms with Crippen molar-refractivity contribution in [1.82, 2.24) is 19.9 Å². The summed E-state index contributed by atoms with van der Waals surface area (Å²) in [7, 11) is -3.18. The summed E-state index contributed by atoms with van der Waals surface area (Å²) in [6.45, 7) is 6.40. The van der Waals surface area contributed by atoms with Crippen molar-refractivity contribution in [2.75, 3.05) is 18.1 Å². The van der Waals surface area contributed by atoms with Crippen molar-refractivity contribution in [1.29, 1.82) is 0 Å². The molecule has 1 aliphatic heterocycles. The van der Waals surface area contributed by atoms with Gasteiger partial charge in [-0.15, -0.1) is 0 Å². The number of ether oxygens (including phenoxy) is 1. The first kappa shape index (κ1) is 21.0. The van der Waals surface area contributed by atoms with Gasteiger partial charge in [0.25, 0.3) is 0 Å². The van der Waals surface area contributed by atoms with Crippen LogP contribution in [0.4, 0.5) is 16.4 Å². The molecule has 0 fully saturated rings. The van der Waals surface area contributed by atoms with Crippen molar-refractivity contribution < 1.29 is 17.9 Å². The number of hydrogen-bond donors (Lipinski definition) is 1. The summed E-state index contributed by atoms with van der Waals surface area (Å²) in [5.41, 5.74) is 2.26. The van der Waals surface area contributed by atoms with Crippen molar-refractivity contribution in [3.63, 3.8) is 0 Å². The van der Waals surface area contributed by atoms with E-state index in [9.17, 15) is 13.2 Å². The van der Waals surface area contributed by atoms with E-state index in [1.54, 1.807) is 23.2 Å². The first-order chi connectivity index (χ1) is 13.5. The van der Waals surface area contributed by atoms with Crippen molar-refractivity contribution in [3.05, 3.63) is 41.5 Å². The zero-order valence-electron chi connectivity index (χ0n) is 17.0. The Morgan fingerprint density at radius 2 is 2.07 bits per heavy atom. The highest BCUT2D eigenvalue weighted by Crippen LogP contribution is 2.22. The summed E-state index contributed by atoms with van der Waals surface area (Å²) in [6.07, 6.45) is 4.73. The number of pyridine rings is 1. The Bertz CT molecular complexity index is 1020. The van der Waals surface area contributed by atoms with Crippen LogP contribution < -0.4 is 5.32 Å². The van der Waals surface area contributed by atoms with Crippen molar-refractivity contribution in [3.8, 4) is 0 Å². The van der Waals surface area contributed by atoms with Crippen LogP contribution in [-0.4, -0.2) is 52.8 Å². The first-order valence-electron chi connectivity index (χ1n) is 9.21. The van der Waals surface area contributed by atoms with Crippen molar-refractivity contribution >= 4 is 27.6 Å². The SMILES string of the molecule is CC(C)(C)OC(=O)N1CCc2cnc(Nc3ccnc(CS(C)(=O)=O)c3)nc2C1. The average Bonchev–Trinajstić information content (AvgIpc) is 2.58. The third kappa shape index (κ3) is 6.11. The number of rotatable bonds is 4. The van der Waals surface area contributed by atoms with Crippen LogP contribution in [0.1, 0.15) is 37.7 Å². The maximum Gasteiger partial charge on any atom is 0.410 e. The van der Waals surface area contributed by atoms with Gasteiger partial charge in [0, 0.05) is 30.9 Å². The van der Waals surface area contributed by atoms with Gasteiger partial charge in [-0.3, -0.25) is 4.98 Å². The predicted molar refractivity (Wildman–Crippen MR) is 108 cm³/mol. The normalized spacial score (nSPS) is 14.3. The lowest BCUT2D eigenvalue weighted by atomic mass is 10.1. The fourth-order valence-electron chi connectivity index (χ4n) is 2.88. The Morgan fingerprint density at radius 1 is 1.31 bits per heavy atom. The summed E-state index contributed by atoms with van der Waals surface area (Å²) >= 11 is 0. The van der Waals surface area contributed by atoms with E-state index in [-0.39, 0.29) is 11.8 Å². The molecule has 2 aromatic heterocycles. The summed E-state index contributed by atoms with van der Waals surface area (Å²) in [5.74, 6) is 0.226. The molecule has 0 aromatic carbocycles. The topological polar surface area (TPSA) is 114 Å². The Hall–Kier alpha value is -2.75. The molecule has 156 valence electrons. The van der Waals surface area contributed by atoms with Gasteiger partial charge in [0.05, 0.1) is 23.7 Å². The molecule has 9 nitrogen and oxygen atoms in total. The van der Waals surface area contributed by atoms with Gasteiger partial charge in [0.1, 0.15) is 5.60 Å². The number of hydrogen-bond acceptors (Lipinski definition) is 8. The fraction of sp³-hybridized carbons (Fsp3) is 0.474. The molecule has 0 radical (unpaired) electrons. The zero-order valence-corrected chi connectivity index (χ0v) is 17.8. The fourth-order valence-corrected chi connectivity index (χ4v) is 3.57. The highest BCUT2D eigenvalue weighted by molar-refractivity contribution is 7.89. The van der Waals surface area contributed by atoms with E-state index in [1.165, 1.54) is 6.20 Å². The Morgan fingerprint density at radius 3 is 2.76 bits per heavy atom. The molecule has 0 bridgehead atoms. The minimum Gasteiger partial charge on any atom is -0.444 e. The maximum atomic E-state index is 12.3. The molecule has 3 heterocycles. The molecule has 2 aromatic rings. The molecule has 29 heavy (non-hydrogen) atoms. The van der Waals surface area contributed by atoms with E-state index in [0.717, 1.165) is 17.5 Å². The van der Waals surface area contributed by atoms with Gasteiger partial charge in [-0.2, -0.15) is 0 Å². The first-order valence-corrected chi connectivity index (χ1v) is 11.3. The van der Waals surface area contributed by atoms with Crippen LogP contribution in [0.5, 0.6) is 0 Å². The van der Waals surface area contributed by atoms with Gasteiger partial charge < -0.3 is 15.0 Å². The second kappa shape index (κ2) is 7.94. The zero-order chi connectivity index (χ0) is 21.2. The minimum absolute atomic E-state index is 0.140. The number of carbonyl (C=O) groups is 1. The molecular formula is C19H25N5O4S. The number of amides is 1. The molecule has 3 rings (SSSR count). The van der Waals surface area contributed by atoms with Gasteiger partial charge in [-0.05, 0) is 44.9 Å². The van der Waals surface area contributed by atoms with Gasteiger partial charge >= 0.3 is 6.09 Å². The third-order valence-electron chi connectivity index (χ3n) is 4.08. The standard InChI is InChI=1S/C19H25N5O4S/c1-19(2,3)28-18(25)24-8-6-13-10-21-17(23-16(13)11-24)22-14-5-7-20-15(9-14)12-29(4,26)27/h5,7,9-10H,6,8,11-12H2,1-4H3,(H,20,21,22,23). The Labute approximate surface area is 170 Å². The molecule has 0 saturated carbocycles. The lowest BCUT2D eigenvalue weighted by Crippen LogP contribution is -2.40. The van der Waals surface area contributed by atoms with E-state index >= 15 is 0 Å². The van der Waals surface area contributed by atoms with Crippen LogP contribution >= 0.6 is 0 Å². The molecule has 1 N–H and O–H groups in total. The average molecular weight is 420 g/mol. The molecule has 0 spiro atoms. The van der Waals surface area contributed by atoms with E-state index < -0.39 is 15.4 Å². The van der Waals surface area contributed by atoms with Crippen LogP contribution in [0, 0.1) is 0 Å². The van der Waals surface area contributed by atoms with Crippen molar-refractivity contribution in [2.45, 2.75) is 45.1 Å². The van der Waals surface area contributed by atoms with Crippen LogP contribution in [-0.2, 0) is 33.3 Å². The molecule has 1 amide bonds. The van der Waals surface area contributed by atoms with Gasteiger partial charge in [0.15, 0.2) is 9.84 Å². The van der Waals surface area contributed by atoms with Gasteiger partial charge in [-0.1, -0.05) is 0 Å². The number of fused-ring (bicyclic) bond motifs is 1. The van der Waals surface area contributed by atoms with Gasteiger partial charge in [-0.25, -0.2) is 23.2 Å². The van der Waals surface area contributed by atoms with Crippen molar-refractivity contribution in [2.24, 2.45) is 0 Å². The summed E-state index contributed by atoms with van der Waals surface area (Å²) in [6, 6.07) is 3.36. The maximum absolute atomic E-state index is 12.3. The van der Waals surface area contributed by atoms with Crippen LogP contribution in [0.15, 0.2) is 24.5 Å². The number of aromatic nitrogens is 3. The lowest BCUT2D eigenvalue weighted by molar-refractivity contribution is 0.0220. The third-order valence-corrected chi connectivity index (χ3v) is 4.90. The van der Waals surface area contributed by atoms with Crippen LogP contribution in [0.25, 0.3) is 0 Å². The summed E-state index contributed by atoms with van der Waals surface area (Å²) in [4.78, 5) is 26.9. The minimum atomic E-state index is -3.18. The number of carbonyl (C=O) groups excluding carboxylic acids is 1. The second-order valence-electron chi connectivity index (χ2n) is 8.05. The number of nitrogens with one attached hydrogen (secondary N) is 1. The highest BCUT2D eigenvalue weighted by atomic mass is 32.2. The number of nitrogens with zero attached hydrogens (tertiary/aromatic N) is 4. The van der Waals surface area contributed by atoms with Crippen LogP contribution in [0.2, 0.25) is 0 Å². The summed E-state index contributed by atoms with van der Waals surface area (Å²) < 4.78 is 28.4. The quantitative estimate of drug-likeness (QED) is 0.804. The number of anilines is 2. The molecule has 0 saturated heterocycles.